The van der Waals surface area contributed by atoms with Gasteiger partial charge in [0.1, 0.15) is 11.1 Å². The zero-order valence-corrected chi connectivity index (χ0v) is 10.7. The van der Waals surface area contributed by atoms with Crippen molar-refractivity contribution in [2.75, 3.05) is 26.2 Å². The molecule has 1 unspecified atom stereocenters. The largest absolute Gasteiger partial charge is 0.368 e. The molecule has 1 saturated heterocycles. The van der Waals surface area contributed by atoms with Crippen molar-refractivity contribution in [3.05, 3.63) is 15.6 Å². The summed E-state index contributed by atoms with van der Waals surface area (Å²) in [5, 5.41) is 1.08. The number of aromatic nitrogens is 1. The van der Waals surface area contributed by atoms with Gasteiger partial charge in [0.05, 0.1) is 12.3 Å². The van der Waals surface area contributed by atoms with Crippen molar-refractivity contribution < 1.29 is 4.74 Å². The van der Waals surface area contributed by atoms with E-state index in [1.54, 1.807) is 11.3 Å². The van der Waals surface area contributed by atoms with Crippen molar-refractivity contribution in [3.63, 3.8) is 0 Å². The Hall–Kier alpha value is -0.490. The van der Waals surface area contributed by atoms with E-state index in [1.807, 2.05) is 6.92 Å². The fraction of sp³-hybridized carbons (Fsp3) is 0.727. The first kappa shape index (κ1) is 12.0. The second-order valence-corrected chi connectivity index (χ2v) is 5.13. The van der Waals surface area contributed by atoms with Crippen molar-refractivity contribution >= 4 is 11.3 Å². The van der Waals surface area contributed by atoms with E-state index in [9.17, 15) is 0 Å². The monoisotopic (exact) mass is 241 g/mol. The van der Waals surface area contributed by atoms with Crippen molar-refractivity contribution in [3.8, 4) is 0 Å². The number of ether oxygens (including phenoxy) is 1. The quantitative estimate of drug-likeness (QED) is 0.866. The topological polar surface area (TPSA) is 51.4 Å². The molecule has 0 aromatic carbocycles. The SMILES string of the molecule is CCN1CCOC(c2nc(C)c(CN)s2)C1. The van der Waals surface area contributed by atoms with E-state index in [0.717, 1.165) is 36.9 Å². The third-order valence-electron chi connectivity index (χ3n) is 2.97. The highest BCUT2D eigenvalue weighted by Crippen LogP contribution is 2.28. The first-order valence-corrected chi connectivity index (χ1v) is 6.56. The smallest absolute Gasteiger partial charge is 0.123 e. The lowest BCUT2D eigenvalue weighted by Crippen LogP contribution is -2.38. The van der Waals surface area contributed by atoms with E-state index in [2.05, 4.69) is 16.8 Å². The zero-order valence-electron chi connectivity index (χ0n) is 9.90. The van der Waals surface area contributed by atoms with Gasteiger partial charge in [-0.05, 0) is 13.5 Å². The second kappa shape index (κ2) is 5.23. The molecule has 0 amide bonds. The van der Waals surface area contributed by atoms with Crippen molar-refractivity contribution in [1.29, 1.82) is 0 Å². The lowest BCUT2D eigenvalue weighted by atomic mass is 10.3. The van der Waals surface area contributed by atoms with Gasteiger partial charge >= 0.3 is 0 Å². The van der Waals surface area contributed by atoms with E-state index in [0.29, 0.717) is 6.54 Å². The maximum Gasteiger partial charge on any atom is 0.123 e. The predicted molar refractivity (Wildman–Crippen MR) is 65.5 cm³/mol. The van der Waals surface area contributed by atoms with Crippen LogP contribution in [0.3, 0.4) is 0 Å². The van der Waals surface area contributed by atoms with Crippen molar-refractivity contribution in [2.24, 2.45) is 5.73 Å². The minimum Gasteiger partial charge on any atom is -0.368 e. The molecular weight excluding hydrogens is 222 g/mol. The molecule has 0 saturated carbocycles. The lowest BCUT2D eigenvalue weighted by Gasteiger charge is -2.30. The molecular formula is C11H19N3OS. The highest BCUT2D eigenvalue weighted by atomic mass is 32.1. The summed E-state index contributed by atoms with van der Waals surface area (Å²) in [6.45, 7) is 8.63. The fourth-order valence-electron chi connectivity index (χ4n) is 1.92. The van der Waals surface area contributed by atoms with Gasteiger partial charge in [-0.2, -0.15) is 0 Å². The summed E-state index contributed by atoms with van der Waals surface area (Å²) in [6.07, 6.45) is 0.137. The second-order valence-electron chi connectivity index (χ2n) is 4.02. The lowest BCUT2D eigenvalue weighted by molar-refractivity contribution is -0.0282. The molecule has 0 bridgehead atoms. The number of thiazole rings is 1. The van der Waals surface area contributed by atoms with Crippen LogP contribution >= 0.6 is 11.3 Å². The van der Waals surface area contributed by atoms with Gasteiger partial charge < -0.3 is 10.5 Å². The van der Waals surface area contributed by atoms with Gasteiger partial charge in [-0.15, -0.1) is 11.3 Å². The van der Waals surface area contributed by atoms with Crippen LogP contribution in [0.2, 0.25) is 0 Å². The zero-order chi connectivity index (χ0) is 11.5. The maximum absolute atomic E-state index is 5.77. The minimum atomic E-state index is 0.137. The highest BCUT2D eigenvalue weighted by Gasteiger charge is 2.24. The van der Waals surface area contributed by atoms with Gasteiger partial charge in [-0.25, -0.2) is 4.98 Å². The molecule has 90 valence electrons. The van der Waals surface area contributed by atoms with Gasteiger partial charge in [0.25, 0.3) is 0 Å². The molecule has 4 nitrogen and oxygen atoms in total. The van der Waals surface area contributed by atoms with Gasteiger partial charge in [0.2, 0.25) is 0 Å². The molecule has 1 fully saturated rings. The Morgan fingerprint density at radius 2 is 2.44 bits per heavy atom. The van der Waals surface area contributed by atoms with E-state index in [1.165, 1.54) is 4.88 Å². The summed E-state index contributed by atoms with van der Waals surface area (Å²) < 4.78 is 5.77. The molecule has 2 rings (SSSR count). The first-order valence-electron chi connectivity index (χ1n) is 5.74. The summed E-state index contributed by atoms with van der Waals surface area (Å²) in [4.78, 5) is 8.13. The molecule has 16 heavy (non-hydrogen) atoms. The molecule has 5 heteroatoms. The fourth-order valence-corrected chi connectivity index (χ4v) is 2.90. The van der Waals surface area contributed by atoms with Gasteiger partial charge in [0.15, 0.2) is 0 Å². The number of hydrogen-bond acceptors (Lipinski definition) is 5. The molecule has 2 heterocycles. The number of rotatable bonds is 3. The number of nitrogens with two attached hydrogens (primary N) is 1. The summed E-state index contributed by atoms with van der Waals surface area (Å²) >= 11 is 1.69. The Morgan fingerprint density at radius 3 is 3.06 bits per heavy atom. The van der Waals surface area contributed by atoms with Crippen LogP contribution in [0.1, 0.15) is 28.6 Å². The highest BCUT2D eigenvalue weighted by molar-refractivity contribution is 7.11. The maximum atomic E-state index is 5.77. The predicted octanol–water partition coefficient (Wildman–Crippen LogP) is 1.30. The van der Waals surface area contributed by atoms with Crippen molar-refractivity contribution in [1.82, 2.24) is 9.88 Å². The van der Waals surface area contributed by atoms with Crippen LogP contribution in [0.15, 0.2) is 0 Å². The molecule has 1 aliphatic heterocycles. The number of aryl methyl sites for hydroxylation is 1. The molecule has 1 aromatic heterocycles. The number of hydrogen-bond donors (Lipinski definition) is 1. The van der Waals surface area contributed by atoms with Crippen molar-refractivity contribution in [2.45, 2.75) is 26.5 Å². The van der Waals surface area contributed by atoms with Crippen LogP contribution in [0, 0.1) is 6.92 Å². The van der Waals surface area contributed by atoms with Crippen LogP contribution in [-0.4, -0.2) is 36.1 Å². The van der Waals surface area contributed by atoms with E-state index >= 15 is 0 Å². The summed E-state index contributed by atoms with van der Waals surface area (Å²) in [6, 6.07) is 0. The Labute approximate surface area is 100 Å². The first-order chi connectivity index (χ1) is 7.74. The third-order valence-corrected chi connectivity index (χ3v) is 4.24. The molecule has 0 aliphatic carbocycles. The molecule has 0 radical (unpaired) electrons. The molecule has 1 aromatic rings. The summed E-state index contributed by atoms with van der Waals surface area (Å²) in [5.41, 5.74) is 6.72. The van der Waals surface area contributed by atoms with Crippen LogP contribution < -0.4 is 5.73 Å². The minimum absolute atomic E-state index is 0.137. The van der Waals surface area contributed by atoms with Crippen LogP contribution in [0.4, 0.5) is 0 Å². The molecule has 0 spiro atoms. The Kier molecular flexibility index (Phi) is 3.91. The summed E-state index contributed by atoms with van der Waals surface area (Å²) in [5.74, 6) is 0. The summed E-state index contributed by atoms with van der Waals surface area (Å²) in [7, 11) is 0. The molecule has 2 N–H and O–H groups in total. The van der Waals surface area contributed by atoms with Crippen LogP contribution in [0.25, 0.3) is 0 Å². The molecule has 1 aliphatic rings. The third kappa shape index (κ3) is 2.43. The number of likely N-dealkylation sites (N-methyl/N-ethyl adjacent to an activating group) is 1. The molecule has 1 atom stereocenters. The standard InChI is InChI=1S/C11H19N3OS/c1-3-14-4-5-15-9(7-14)11-13-8(2)10(6-12)16-11/h9H,3-7,12H2,1-2H3. The van der Waals surface area contributed by atoms with E-state index in [-0.39, 0.29) is 6.10 Å². The average molecular weight is 241 g/mol. The van der Waals surface area contributed by atoms with Gasteiger partial charge in [-0.3, -0.25) is 4.90 Å². The van der Waals surface area contributed by atoms with E-state index in [4.69, 9.17) is 10.5 Å². The van der Waals surface area contributed by atoms with Gasteiger partial charge in [-0.1, -0.05) is 6.92 Å². The van der Waals surface area contributed by atoms with Crippen LogP contribution in [-0.2, 0) is 11.3 Å². The normalized spacial score (nSPS) is 22.6. The van der Waals surface area contributed by atoms with Crippen LogP contribution in [0.5, 0.6) is 0 Å². The Morgan fingerprint density at radius 1 is 1.62 bits per heavy atom. The number of morpholine rings is 1. The number of nitrogens with zero attached hydrogens (tertiary/aromatic N) is 2. The Bertz CT molecular complexity index is 353. The van der Waals surface area contributed by atoms with E-state index < -0.39 is 0 Å². The average Bonchev–Trinajstić information content (AvgIpc) is 2.71. The Balaban J connectivity index is 2.10. The van der Waals surface area contributed by atoms with Gasteiger partial charge in [0, 0.05) is 24.5 Å².